The third-order valence-corrected chi connectivity index (χ3v) is 4.73. The van der Waals surface area contributed by atoms with Crippen LogP contribution >= 0.6 is 0 Å². The maximum Gasteiger partial charge on any atom is 0.374 e. The topological polar surface area (TPSA) is 48.7 Å². The fourth-order valence-electron chi connectivity index (χ4n) is 3.34. The molecule has 4 heteroatoms. The van der Waals surface area contributed by atoms with Crippen molar-refractivity contribution in [3.05, 3.63) is 103 Å². The Morgan fingerprint density at radius 1 is 0.833 bits per heavy atom. The molecule has 4 nitrogen and oxygen atoms in total. The average Bonchev–Trinajstić information content (AvgIpc) is 3.24. The minimum atomic E-state index is -0.481. The van der Waals surface area contributed by atoms with Crippen molar-refractivity contribution in [2.24, 2.45) is 0 Å². The van der Waals surface area contributed by atoms with E-state index in [0.717, 1.165) is 28.0 Å². The molecule has 0 aliphatic rings. The Balaban J connectivity index is 1.77. The number of esters is 1. The lowest BCUT2D eigenvalue weighted by Crippen LogP contribution is -2.05. The summed E-state index contributed by atoms with van der Waals surface area (Å²) >= 11 is 0. The predicted molar refractivity (Wildman–Crippen MR) is 116 cm³/mol. The van der Waals surface area contributed by atoms with Crippen LogP contribution in [0.3, 0.4) is 0 Å². The van der Waals surface area contributed by atoms with Crippen molar-refractivity contribution in [3.8, 4) is 28.0 Å². The van der Waals surface area contributed by atoms with Gasteiger partial charge in [0.15, 0.2) is 0 Å². The lowest BCUT2D eigenvalue weighted by atomic mass is 9.96. The first kappa shape index (κ1) is 19.5. The van der Waals surface area contributed by atoms with Crippen LogP contribution in [-0.4, -0.2) is 12.6 Å². The molecule has 150 valence electrons. The molecule has 1 aromatic heterocycles. The fraction of sp³-hybridized carbons (Fsp3) is 0.115. The molecule has 0 saturated heterocycles. The first-order chi connectivity index (χ1) is 14.8. The highest BCUT2D eigenvalue weighted by Gasteiger charge is 2.25. The second kappa shape index (κ2) is 9.14. The minimum absolute atomic E-state index is 0.191. The van der Waals surface area contributed by atoms with Gasteiger partial charge in [-0.25, -0.2) is 4.79 Å². The molecule has 1 heterocycles. The van der Waals surface area contributed by atoms with Crippen molar-refractivity contribution in [1.29, 1.82) is 0 Å². The largest absolute Gasteiger partial charge is 0.488 e. The smallest absolute Gasteiger partial charge is 0.374 e. The van der Waals surface area contributed by atoms with E-state index in [1.54, 1.807) is 13.2 Å². The van der Waals surface area contributed by atoms with E-state index in [1.165, 1.54) is 0 Å². The van der Waals surface area contributed by atoms with Gasteiger partial charge < -0.3 is 13.9 Å². The van der Waals surface area contributed by atoms with E-state index >= 15 is 0 Å². The summed E-state index contributed by atoms with van der Waals surface area (Å²) in [6, 6.07) is 27.4. The van der Waals surface area contributed by atoms with Gasteiger partial charge in [-0.2, -0.15) is 0 Å². The number of para-hydroxylation sites is 1. The monoisotopic (exact) mass is 398 g/mol. The molecule has 0 saturated carbocycles. The van der Waals surface area contributed by atoms with Gasteiger partial charge in [-0.1, -0.05) is 78.9 Å². The predicted octanol–water partition coefficient (Wildman–Crippen LogP) is 6.37. The van der Waals surface area contributed by atoms with E-state index in [0.29, 0.717) is 12.2 Å². The Labute approximate surface area is 175 Å². The highest BCUT2D eigenvalue weighted by molar-refractivity contribution is 6.00. The molecule has 4 rings (SSSR count). The Bertz CT molecular complexity index is 1110. The molecule has 0 radical (unpaired) electrons. The Morgan fingerprint density at radius 3 is 2.23 bits per heavy atom. The van der Waals surface area contributed by atoms with Crippen LogP contribution in [0.4, 0.5) is 0 Å². The third kappa shape index (κ3) is 4.13. The first-order valence-corrected chi connectivity index (χ1v) is 9.88. The van der Waals surface area contributed by atoms with Gasteiger partial charge in [0.05, 0.1) is 6.61 Å². The zero-order chi connectivity index (χ0) is 20.8. The highest BCUT2D eigenvalue weighted by Crippen LogP contribution is 2.41. The zero-order valence-corrected chi connectivity index (χ0v) is 16.7. The summed E-state index contributed by atoms with van der Waals surface area (Å²) in [4.78, 5) is 12.5. The number of hydrogen-bond acceptors (Lipinski definition) is 4. The van der Waals surface area contributed by atoms with Crippen LogP contribution in [0.5, 0.6) is 5.75 Å². The second-order valence-electron chi connectivity index (χ2n) is 6.71. The molecule has 0 aliphatic carbocycles. The van der Waals surface area contributed by atoms with Crippen LogP contribution in [0.2, 0.25) is 0 Å². The number of carbonyl (C=O) groups excluding carboxylic acids is 1. The molecule has 3 aromatic carbocycles. The van der Waals surface area contributed by atoms with E-state index < -0.39 is 5.97 Å². The second-order valence-corrected chi connectivity index (χ2v) is 6.71. The van der Waals surface area contributed by atoms with Crippen molar-refractivity contribution in [3.63, 3.8) is 0 Å². The van der Waals surface area contributed by atoms with Gasteiger partial charge in [-0.3, -0.25) is 0 Å². The summed E-state index contributed by atoms with van der Waals surface area (Å²) in [5, 5.41) is 0. The summed E-state index contributed by atoms with van der Waals surface area (Å²) in [6.07, 6.45) is 1.60. The molecule has 0 aliphatic heterocycles. The van der Waals surface area contributed by atoms with Gasteiger partial charge in [-0.15, -0.1) is 0 Å². The van der Waals surface area contributed by atoms with Crippen LogP contribution in [0.15, 0.2) is 95.6 Å². The Morgan fingerprint density at radius 2 is 1.50 bits per heavy atom. The Kier molecular flexibility index (Phi) is 5.95. The lowest BCUT2D eigenvalue weighted by Gasteiger charge is -2.12. The van der Waals surface area contributed by atoms with Gasteiger partial charge in [0.1, 0.15) is 18.6 Å². The summed E-state index contributed by atoms with van der Waals surface area (Å²) in [7, 11) is 0. The summed E-state index contributed by atoms with van der Waals surface area (Å²) in [5.74, 6) is 0.427. The molecule has 0 spiro atoms. The highest BCUT2D eigenvalue weighted by atomic mass is 16.5. The van der Waals surface area contributed by atoms with Gasteiger partial charge >= 0.3 is 5.97 Å². The third-order valence-electron chi connectivity index (χ3n) is 4.73. The van der Waals surface area contributed by atoms with Crippen LogP contribution in [-0.2, 0) is 11.3 Å². The minimum Gasteiger partial charge on any atom is -0.488 e. The SMILES string of the molecule is CCOC(=O)c1occ(-c2ccccc2OCc2ccccc2)c1-c1ccccc1. The van der Waals surface area contributed by atoms with Crippen molar-refractivity contribution >= 4 is 5.97 Å². The van der Waals surface area contributed by atoms with Gasteiger partial charge in [0.2, 0.25) is 5.76 Å². The fourth-order valence-corrected chi connectivity index (χ4v) is 3.34. The molecule has 0 atom stereocenters. The van der Waals surface area contributed by atoms with Crippen LogP contribution in [0, 0.1) is 0 Å². The standard InChI is InChI=1S/C26H22O4/c1-2-28-26(27)25-24(20-13-7-4-8-14-20)22(18-30-25)21-15-9-10-16-23(21)29-17-19-11-5-3-6-12-19/h3-16,18H,2,17H2,1H3. The number of hydrogen-bond donors (Lipinski definition) is 0. The normalized spacial score (nSPS) is 10.6. The van der Waals surface area contributed by atoms with Crippen LogP contribution in [0.25, 0.3) is 22.3 Å². The molecule has 4 aromatic rings. The molecular weight excluding hydrogens is 376 g/mol. The maximum absolute atomic E-state index is 12.5. The average molecular weight is 398 g/mol. The zero-order valence-electron chi connectivity index (χ0n) is 16.7. The van der Waals surface area contributed by atoms with Crippen molar-refractivity contribution in [1.82, 2.24) is 0 Å². The van der Waals surface area contributed by atoms with Crippen LogP contribution in [0.1, 0.15) is 23.0 Å². The van der Waals surface area contributed by atoms with Crippen molar-refractivity contribution in [2.75, 3.05) is 6.61 Å². The van der Waals surface area contributed by atoms with Crippen molar-refractivity contribution < 1.29 is 18.7 Å². The maximum atomic E-state index is 12.5. The van der Waals surface area contributed by atoms with Gasteiger partial charge in [0, 0.05) is 16.7 Å². The van der Waals surface area contributed by atoms with E-state index in [1.807, 2.05) is 84.9 Å². The molecule has 0 fully saturated rings. The van der Waals surface area contributed by atoms with E-state index in [2.05, 4.69) is 0 Å². The number of carbonyl (C=O) groups is 1. The molecule has 0 bridgehead atoms. The quantitative estimate of drug-likeness (QED) is 0.339. The number of ether oxygens (including phenoxy) is 2. The van der Waals surface area contributed by atoms with E-state index in [9.17, 15) is 4.79 Å². The van der Waals surface area contributed by atoms with Crippen molar-refractivity contribution in [2.45, 2.75) is 13.5 Å². The molecule has 30 heavy (non-hydrogen) atoms. The molecule has 0 N–H and O–H groups in total. The van der Waals surface area contributed by atoms with E-state index in [4.69, 9.17) is 13.9 Å². The number of rotatable bonds is 7. The Hall–Kier alpha value is -3.79. The molecule has 0 amide bonds. The van der Waals surface area contributed by atoms with E-state index in [-0.39, 0.29) is 12.4 Å². The molecule has 0 unspecified atom stereocenters. The summed E-state index contributed by atoms with van der Waals surface area (Å²) in [6.45, 7) is 2.50. The summed E-state index contributed by atoms with van der Waals surface area (Å²) < 4.78 is 17.0. The molecular formula is C26H22O4. The summed E-state index contributed by atoms with van der Waals surface area (Å²) in [5.41, 5.74) is 4.29. The van der Waals surface area contributed by atoms with Crippen LogP contribution < -0.4 is 4.74 Å². The lowest BCUT2D eigenvalue weighted by molar-refractivity contribution is 0.0491. The number of furan rings is 1. The van der Waals surface area contributed by atoms with Gasteiger partial charge in [0.25, 0.3) is 0 Å². The number of benzene rings is 3. The first-order valence-electron chi connectivity index (χ1n) is 9.88. The van der Waals surface area contributed by atoms with Gasteiger partial charge in [-0.05, 0) is 24.1 Å².